The summed E-state index contributed by atoms with van der Waals surface area (Å²) in [5.74, 6) is 0.883. The van der Waals surface area contributed by atoms with Gasteiger partial charge in [0.1, 0.15) is 0 Å². The second-order valence-electron chi connectivity index (χ2n) is 8.93. The molecule has 0 radical (unpaired) electrons. The molecule has 0 aromatic carbocycles. The van der Waals surface area contributed by atoms with Crippen LogP contribution in [0.25, 0.3) is 0 Å². The minimum absolute atomic E-state index is 0.294. The topological polar surface area (TPSA) is 26.7 Å². The average Bonchev–Trinajstić information content (AvgIpc) is 2.95. The van der Waals surface area contributed by atoms with Crippen molar-refractivity contribution in [1.29, 1.82) is 0 Å². The average molecular weight is 369 g/mol. The lowest BCUT2D eigenvalue weighted by molar-refractivity contribution is 0.120. The summed E-state index contributed by atoms with van der Waals surface area (Å²) in [7, 11) is 2.23. The molecular weight excluding hydrogens is 320 g/mol. The van der Waals surface area contributed by atoms with Crippen LogP contribution in [-0.2, 0) is 0 Å². The first-order valence-corrected chi connectivity index (χ1v) is 11.7. The molecule has 0 amide bonds. The molecule has 1 unspecified atom stereocenters. The molecule has 26 heavy (non-hydrogen) atoms. The Bertz CT molecular complexity index is 307. The lowest BCUT2D eigenvalue weighted by Crippen LogP contribution is -2.38. The lowest BCUT2D eigenvalue weighted by atomic mass is 10.0. The van der Waals surface area contributed by atoms with E-state index in [2.05, 4.69) is 30.7 Å². The van der Waals surface area contributed by atoms with Gasteiger partial charge in [0.25, 0.3) is 0 Å². The Morgan fingerprint density at radius 1 is 0.769 bits per heavy atom. The molecule has 0 bridgehead atoms. The zero-order valence-corrected chi connectivity index (χ0v) is 18.2. The zero-order valence-electron chi connectivity index (χ0n) is 18.2. The largest absolute Gasteiger partial charge is 0.395 e. The smallest absolute Gasteiger partial charge is 0.0621 e. The standard InChI is InChI=1S/C23H48N2O/c1-22(2)16-14-12-10-8-6-4-5-7-9-11-13-15-17-23-24(3)18-19-25(23)20-21-26/h22-23,26H,4-21H2,1-3H3. The predicted molar refractivity (Wildman–Crippen MR) is 115 cm³/mol. The van der Waals surface area contributed by atoms with Gasteiger partial charge in [-0.1, -0.05) is 97.3 Å². The maximum absolute atomic E-state index is 9.17. The SMILES string of the molecule is CC(C)CCCCCCCCCCCCCCC1N(C)CCN1CCO. The van der Waals surface area contributed by atoms with E-state index < -0.39 is 0 Å². The van der Waals surface area contributed by atoms with E-state index in [0.717, 1.165) is 25.6 Å². The van der Waals surface area contributed by atoms with Crippen LogP contribution in [0.2, 0.25) is 0 Å². The molecule has 0 aromatic rings. The minimum atomic E-state index is 0.294. The van der Waals surface area contributed by atoms with E-state index in [-0.39, 0.29) is 0 Å². The molecule has 156 valence electrons. The van der Waals surface area contributed by atoms with Gasteiger partial charge in [-0.15, -0.1) is 0 Å². The fourth-order valence-electron chi connectivity index (χ4n) is 4.30. The number of nitrogens with zero attached hydrogens (tertiary/aromatic N) is 2. The number of likely N-dealkylation sites (N-methyl/N-ethyl adjacent to an activating group) is 1. The first-order chi connectivity index (χ1) is 12.6. The maximum atomic E-state index is 9.17. The van der Waals surface area contributed by atoms with Gasteiger partial charge in [-0.25, -0.2) is 0 Å². The molecular formula is C23H48N2O. The monoisotopic (exact) mass is 368 g/mol. The summed E-state index contributed by atoms with van der Waals surface area (Å²) in [6.45, 7) is 8.08. The third-order valence-corrected chi connectivity index (χ3v) is 6.05. The van der Waals surface area contributed by atoms with Crippen molar-refractivity contribution in [2.45, 2.75) is 110 Å². The Kier molecular flexibility index (Phi) is 14.6. The van der Waals surface area contributed by atoms with Crippen molar-refractivity contribution < 1.29 is 5.11 Å². The van der Waals surface area contributed by atoms with Crippen molar-refractivity contribution in [3.63, 3.8) is 0 Å². The van der Waals surface area contributed by atoms with E-state index in [9.17, 15) is 5.11 Å². The van der Waals surface area contributed by atoms with Crippen molar-refractivity contribution >= 4 is 0 Å². The molecule has 1 atom stereocenters. The first kappa shape index (κ1) is 23.9. The highest BCUT2D eigenvalue weighted by Crippen LogP contribution is 2.19. The summed E-state index contributed by atoms with van der Waals surface area (Å²) in [5.41, 5.74) is 0. The molecule has 3 heteroatoms. The number of hydrogen-bond donors (Lipinski definition) is 1. The number of β-amino-alcohol motifs (C(OH)–C–C–N with tert-alkyl or cyclic N) is 1. The summed E-state index contributed by atoms with van der Waals surface area (Å²) in [5, 5.41) is 9.17. The third kappa shape index (κ3) is 11.6. The molecule has 3 nitrogen and oxygen atoms in total. The fourth-order valence-corrected chi connectivity index (χ4v) is 4.30. The second kappa shape index (κ2) is 15.9. The molecule has 1 fully saturated rings. The summed E-state index contributed by atoms with van der Waals surface area (Å²) >= 11 is 0. The van der Waals surface area contributed by atoms with Crippen LogP contribution in [-0.4, -0.2) is 54.4 Å². The quantitative estimate of drug-likeness (QED) is 0.335. The highest BCUT2D eigenvalue weighted by molar-refractivity contribution is 4.79. The predicted octanol–water partition coefficient (Wildman–Crippen LogP) is 5.67. The van der Waals surface area contributed by atoms with E-state index >= 15 is 0 Å². The molecule has 0 aromatic heterocycles. The van der Waals surface area contributed by atoms with Crippen LogP contribution in [0.15, 0.2) is 0 Å². The minimum Gasteiger partial charge on any atom is -0.395 e. The van der Waals surface area contributed by atoms with Gasteiger partial charge >= 0.3 is 0 Å². The summed E-state index contributed by atoms with van der Waals surface area (Å²) < 4.78 is 0. The maximum Gasteiger partial charge on any atom is 0.0621 e. The van der Waals surface area contributed by atoms with E-state index in [4.69, 9.17) is 0 Å². The summed E-state index contributed by atoms with van der Waals surface area (Å²) in [4.78, 5) is 4.90. The summed E-state index contributed by atoms with van der Waals surface area (Å²) in [6, 6.07) is 0. The Morgan fingerprint density at radius 3 is 1.77 bits per heavy atom. The summed E-state index contributed by atoms with van der Waals surface area (Å²) in [6.07, 6.45) is 20.4. The highest BCUT2D eigenvalue weighted by Gasteiger charge is 2.27. The van der Waals surface area contributed by atoms with Crippen molar-refractivity contribution in [3.8, 4) is 0 Å². The Morgan fingerprint density at radius 2 is 1.27 bits per heavy atom. The number of aliphatic hydroxyl groups is 1. The van der Waals surface area contributed by atoms with E-state index in [1.54, 1.807) is 0 Å². The van der Waals surface area contributed by atoms with Crippen molar-refractivity contribution in [2.24, 2.45) is 5.92 Å². The molecule has 1 N–H and O–H groups in total. The van der Waals surface area contributed by atoms with Gasteiger partial charge in [0, 0.05) is 19.6 Å². The molecule has 1 aliphatic heterocycles. The number of unbranched alkanes of at least 4 members (excludes halogenated alkanes) is 11. The van der Waals surface area contributed by atoms with Crippen molar-refractivity contribution in [3.05, 3.63) is 0 Å². The second-order valence-corrected chi connectivity index (χ2v) is 8.93. The van der Waals surface area contributed by atoms with Gasteiger partial charge < -0.3 is 5.11 Å². The normalized spacial score (nSPS) is 19.0. The lowest BCUT2D eigenvalue weighted by Gasteiger charge is -2.27. The van der Waals surface area contributed by atoms with Crippen molar-refractivity contribution in [1.82, 2.24) is 9.80 Å². The van der Waals surface area contributed by atoms with Gasteiger partial charge in [-0.3, -0.25) is 9.80 Å². The van der Waals surface area contributed by atoms with E-state index in [1.807, 2.05) is 0 Å². The third-order valence-electron chi connectivity index (χ3n) is 6.05. The molecule has 0 aliphatic carbocycles. The Balaban J connectivity index is 1.82. The Labute approximate surface area is 164 Å². The van der Waals surface area contributed by atoms with E-state index in [1.165, 1.54) is 89.9 Å². The highest BCUT2D eigenvalue weighted by atomic mass is 16.3. The van der Waals surface area contributed by atoms with Gasteiger partial charge in [0.05, 0.1) is 12.8 Å². The van der Waals surface area contributed by atoms with Crippen LogP contribution in [0.4, 0.5) is 0 Å². The van der Waals surface area contributed by atoms with Crippen LogP contribution >= 0.6 is 0 Å². The molecule has 1 heterocycles. The van der Waals surface area contributed by atoms with Gasteiger partial charge in [-0.2, -0.15) is 0 Å². The van der Waals surface area contributed by atoms with Crippen molar-refractivity contribution in [2.75, 3.05) is 33.3 Å². The fraction of sp³-hybridized carbons (Fsp3) is 1.00. The molecule has 1 aliphatic rings. The first-order valence-electron chi connectivity index (χ1n) is 11.7. The molecule has 1 saturated heterocycles. The molecule has 1 rings (SSSR count). The van der Waals surface area contributed by atoms with Crippen LogP contribution in [0.5, 0.6) is 0 Å². The number of hydrogen-bond acceptors (Lipinski definition) is 3. The van der Waals surface area contributed by atoms with Gasteiger partial charge in [-0.05, 0) is 19.4 Å². The molecule has 0 saturated carbocycles. The molecule has 0 spiro atoms. The van der Waals surface area contributed by atoms with Crippen LogP contribution in [0.1, 0.15) is 104 Å². The van der Waals surface area contributed by atoms with Gasteiger partial charge in [0.2, 0.25) is 0 Å². The van der Waals surface area contributed by atoms with E-state index in [0.29, 0.717) is 12.8 Å². The van der Waals surface area contributed by atoms with Crippen LogP contribution in [0.3, 0.4) is 0 Å². The number of rotatable bonds is 17. The Hall–Kier alpha value is -0.120. The van der Waals surface area contributed by atoms with Gasteiger partial charge in [0.15, 0.2) is 0 Å². The van der Waals surface area contributed by atoms with Crippen LogP contribution in [0, 0.1) is 5.92 Å². The number of aliphatic hydroxyl groups excluding tert-OH is 1. The van der Waals surface area contributed by atoms with Crippen LogP contribution < -0.4 is 0 Å². The zero-order chi connectivity index (χ0) is 19.0.